The minimum Gasteiger partial charge on any atom is -0.481 e. The van der Waals surface area contributed by atoms with Crippen molar-refractivity contribution in [3.63, 3.8) is 0 Å². The van der Waals surface area contributed by atoms with E-state index in [0.717, 1.165) is 20.7 Å². The van der Waals surface area contributed by atoms with E-state index in [2.05, 4.69) is 4.98 Å². The lowest BCUT2D eigenvalue weighted by atomic mass is 10.3. The molecule has 1 aromatic heterocycles. The molecule has 0 aliphatic rings. The Morgan fingerprint density at radius 1 is 1.71 bits per heavy atom. The molecule has 0 radical (unpaired) electrons. The van der Waals surface area contributed by atoms with Crippen LogP contribution in [0.2, 0.25) is 0 Å². The summed E-state index contributed by atoms with van der Waals surface area (Å²) in [5.74, 6) is 0.00607. The molecule has 0 aliphatic carbocycles. The number of carbonyl (C=O) groups is 1. The van der Waals surface area contributed by atoms with Crippen LogP contribution in [0.4, 0.5) is 0 Å². The molecule has 0 bridgehead atoms. The van der Waals surface area contributed by atoms with Gasteiger partial charge in [-0.15, -0.1) is 11.3 Å². The van der Waals surface area contributed by atoms with E-state index in [1.54, 1.807) is 11.8 Å². The highest BCUT2D eigenvalue weighted by Gasteiger charge is 2.10. The summed E-state index contributed by atoms with van der Waals surface area (Å²) in [6.07, 6.45) is 0.0622. The summed E-state index contributed by atoms with van der Waals surface area (Å²) >= 11 is 3.02. The van der Waals surface area contributed by atoms with Gasteiger partial charge in [0.25, 0.3) is 0 Å². The highest BCUT2D eigenvalue weighted by Crippen LogP contribution is 2.27. The van der Waals surface area contributed by atoms with Gasteiger partial charge in [-0.2, -0.15) is 0 Å². The van der Waals surface area contributed by atoms with Gasteiger partial charge in [0.15, 0.2) is 0 Å². The zero-order valence-corrected chi connectivity index (χ0v) is 9.45. The molecule has 0 amide bonds. The third-order valence-corrected chi connectivity index (χ3v) is 3.86. The summed E-state index contributed by atoms with van der Waals surface area (Å²) in [4.78, 5) is 15.6. The molecule has 0 fully saturated rings. The molecular weight excluding hydrogens is 220 g/mol. The van der Waals surface area contributed by atoms with Gasteiger partial charge in [0, 0.05) is 17.2 Å². The number of aliphatic carboxylic acids is 1. The average Bonchev–Trinajstić information content (AvgIpc) is 2.43. The van der Waals surface area contributed by atoms with Crippen LogP contribution in [0.3, 0.4) is 0 Å². The summed E-state index contributed by atoms with van der Waals surface area (Å²) in [7, 11) is 0. The van der Waals surface area contributed by atoms with E-state index < -0.39 is 5.97 Å². The lowest BCUT2D eigenvalue weighted by molar-refractivity contribution is -0.136. The van der Waals surface area contributed by atoms with Crippen LogP contribution in [0, 0.1) is 6.92 Å². The number of hydrogen-bond donors (Lipinski definition) is 2. The van der Waals surface area contributed by atoms with E-state index in [9.17, 15) is 4.79 Å². The predicted octanol–water partition coefficient (Wildman–Crippen LogP) is 1.13. The summed E-state index contributed by atoms with van der Waals surface area (Å²) in [6, 6.07) is 0. The van der Waals surface area contributed by atoms with Gasteiger partial charge < -0.3 is 10.8 Å². The Morgan fingerprint density at radius 3 is 3.00 bits per heavy atom. The molecule has 0 aliphatic heterocycles. The smallest absolute Gasteiger partial charge is 0.308 e. The quantitative estimate of drug-likeness (QED) is 0.744. The Labute approximate surface area is 90.5 Å². The number of rotatable bonds is 5. The van der Waals surface area contributed by atoms with Crippen molar-refractivity contribution in [1.82, 2.24) is 4.98 Å². The second-order valence-electron chi connectivity index (χ2n) is 2.70. The maximum atomic E-state index is 10.5. The zero-order valence-electron chi connectivity index (χ0n) is 7.82. The standard InChI is InChI=1S/C8H12N2O2S2/c1-5-6(4-7(11)12)14-8(10-5)13-3-2-9/h2-4,9H2,1H3,(H,11,12). The van der Waals surface area contributed by atoms with Crippen LogP contribution in [0.15, 0.2) is 4.34 Å². The second-order valence-corrected chi connectivity index (χ2v) is 5.12. The average molecular weight is 232 g/mol. The van der Waals surface area contributed by atoms with E-state index in [1.807, 2.05) is 6.92 Å². The van der Waals surface area contributed by atoms with Crippen molar-refractivity contribution in [2.45, 2.75) is 17.7 Å². The number of carboxylic acid groups (broad SMARTS) is 1. The van der Waals surface area contributed by atoms with Crippen molar-refractivity contribution in [2.24, 2.45) is 5.73 Å². The summed E-state index contributed by atoms with van der Waals surface area (Å²) in [5, 5.41) is 8.63. The summed E-state index contributed by atoms with van der Waals surface area (Å²) < 4.78 is 0.907. The van der Waals surface area contributed by atoms with Crippen LogP contribution in [0.5, 0.6) is 0 Å². The maximum Gasteiger partial charge on any atom is 0.308 e. The first-order valence-electron chi connectivity index (χ1n) is 4.14. The van der Waals surface area contributed by atoms with E-state index >= 15 is 0 Å². The lowest BCUT2D eigenvalue weighted by Crippen LogP contribution is -2.00. The van der Waals surface area contributed by atoms with Gasteiger partial charge in [0.2, 0.25) is 0 Å². The van der Waals surface area contributed by atoms with Crippen LogP contribution in [0.25, 0.3) is 0 Å². The molecule has 0 saturated carbocycles. The first-order valence-corrected chi connectivity index (χ1v) is 5.94. The van der Waals surface area contributed by atoms with Crippen molar-refractivity contribution in [1.29, 1.82) is 0 Å². The largest absolute Gasteiger partial charge is 0.481 e. The van der Waals surface area contributed by atoms with E-state index in [4.69, 9.17) is 10.8 Å². The molecule has 0 unspecified atom stereocenters. The minimum atomic E-state index is -0.813. The second kappa shape index (κ2) is 5.33. The van der Waals surface area contributed by atoms with Gasteiger partial charge in [-0.05, 0) is 6.92 Å². The lowest BCUT2D eigenvalue weighted by Gasteiger charge is -1.90. The molecular formula is C8H12N2O2S2. The fourth-order valence-electron chi connectivity index (χ4n) is 0.911. The normalized spacial score (nSPS) is 10.4. The number of thioether (sulfide) groups is 1. The van der Waals surface area contributed by atoms with E-state index in [0.29, 0.717) is 6.54 Å². The van der Waals surface area contributed by atoms with Crippen LogP contribution in [0.1, 0.15) is 10.6 Å². The molecule has 14 heavy (non-hydrogen) atoms. The number of aryl methyl sites for hydroxylation is 1. The number of hydrogen-bond acceptors (Lipinski definition) is 5. The summed E-state index contributed by atoms with van der Waals surface area (Å²) in [6.45, 7) is 2.44. The maximum absolute atomic E-state index is 10.5. The molecule has 78 valence electrons. The van der Waals surface area contributed by atoms with Gasteiger partial charge in [0.1, 0.15) is 4.34 Å². The van der Waals surface area contributed by atoms with Gasteiger partial charge in [-0.25, -0.2) is 4.98 Å². The SMILES string of the molecule is Cc1nc(SCCN)sc1CC(=O)O. The number of thiazole rings is 1. The van der Waals surface area contributed by atoms with Crippen molar-refractivity contribution in [2.75, 3.05) is 12.3 Å². The molecule has 0 spiro atoms. The molecule has 1 aromatic rings. The Hall–Kier alpha value is -0.590. The highest BCUT2D eigenvalue weighted by atomic mass is 32.2. The third kappa shape index (κ3) is 3.28. The minimum absolute atomic E-state index is 0.0622. The topological polar surface area (TPSA) is 76.2 Å². The molecule has 1 heterocycles. The first kappa shape index (κ1) is 11.5. The molecule has 3 N–H and O–H groups in total. The molecule has 6 heteroatoms. The number of nitrogens with two attached hydrogens (primary N) is 1. The van der Waals surface area contributed by atoms with Gasteiger partial charge in [0.05, 0.1) is 12.1 Å². The Balaban J connectivity index is 2.66. The Bertz CT molecular complexity index is 325. The van der Waals surface area contributed by atoms with Crippen molar-refractivity contribution < 1.29 is 9.90 Å². The highest BCUT2D eigenvalue weighted by molar-refractivity contribution is 8.01. The van der Waals surface area contributed by atoms with Crippen molar-refractivity contribution in [3.05, 3.63) is 10.6 Å². The molecule has 0 atom stereocenters. The van der Waals surface area contributed by atoms with E-state index in [-0.39, 0.29) is 6.42 Å². The molecule has 0 aromatic carbocycles. The fraction of sp³-hybridized carbons (Fsp3) is 0.500. The fourth-order valence-corrected chi connectivity index (χ4v) is 2.97. The number of nitrogens with zero attached hydrogens (tertiary/aromatic N) is 1. The number of aromatic nitrogens is 1. The van der Waals surface area contributed by atoms with Crippen LogP contribution in [-0.4, -0.2) is 28.4 Å². The van der Waals surface area contributed by atoms with Crippen molar-refractivity contribution in [3.8, 4) is 0 Å². The van der Waals surface area contributed by atoms with Crippen molar-refractivity contribution >= 4 is 29.1 Å². The Morgan fingerprint density at radius 2 is 2.43 bits per heavy atom. The Kier molecular flexibility index (Phi) is 4.37. The molecule has 1 rings (SSSR count). The third-order valence-electron chi connectivity index (χ3n) is 1.53. The predicted molar refractivity (Wildman–Crippen MR) is 58.0 cm³/mol. The number of carboxylic acids is 1. The molecule has 4 nitrogen and oxygen atoms in total. The summed E-state index contributed by atoms with van der Waals surface area (Å²) in [5.41, 5.74) is 6.18. The van der Waals surface area contributed by atoms with Crippen LogP contribution >= 0.6 is 23.1 Å². The van der Waals surface area contributed by atoms with Gasteiger partial charge in [-0.3, -0.25) is 4.79 Å². The van der Waals surface area contributed by atoms with Crippen LogP contribution < -0.4 is 5.73 Å². The van der Waals surface area contributed by atoms with Gasteiger partial charge in [-0.1, -0.05) is 11.8 Å². The zero-order chi connectivity index (χ0) is 10.6. The van der Waals surface area contributed by atoms with Crippen LogP contribution in [-0.2, 0) is 11.2 Å². The van der Waals surface area contributed by atoms with Gasteiger partial charge >= 0.3 is 5.97 Å². The van der Waals surface area contributed by atoms with E-state index in [1.165, 1.54) is 11.3 Å². The monoisotopic (exact) mass is 232 g/mol. The first-order chi connectivity index (χ1) is 6.63. The molecule has 0 saturated heterocycles.